The third-order valence-corrected chi connectivity index (χ3v) is 3.57. The Morgan fingerprint density at radius 1 is 1.10 bits per heavy atom. The molecule has 0 atom stereocenters. The minimum absolute atomic E-state index is 0. The van der Waals surface area contributed by atoms with Crippen molar-refractivity contribution in [2.45, 2.75) is 13.5 Å². The van der Waals surface area contributed by atoms with E-state index in [1.807, 2.05) is 66.1 Å². The van der Waals surface area contributed by atoms with E-state index in [1.165, 1.54) is 0 Å². The SMILES string of the molecule is Cc1n(N)c2ccccc2[n+]1CC(=O)c1ccccc1.[Br-]. The zero-order chi connectivity index (χ0) is 14.1. The number of hydrogen-bond acceptors (Lipinski definition) is 2. The molecule has 108 valence electrons. The number of aromatic nitrogens is 2. The van der Waals surface area contributed by atoms with Gasteiger partial charge in [0.05, 0.1) is 0 Å². The summed E-state index contributed by atoms with van der Waals surface area (Å²) >= 11 is 0. The number of ketones is 1. The molecule has 1 aromatic heterocycles. The van der Waals surface area contributed by atoms with Gasteiger partial charge in [-0.05, 0) is 12.1 Å². The second-order valence-electron chi connectivity index (χ2n) is 4.78. The molecule has 0 aliphatic carbocycles. The topological polar surface area (TPSA) is 51.9 Å². The van der Waals surface area contributed by atoms with Gasteiger partial charge in [0.1, 0.15) is 0 Å². The van der Waals surface area contributed by atoms with Crippen LogP contribution in [0.5, 0.6) is 0 Å². The standard InChI is InChI=1S/C16H16N3O.BrH/c1-12-18(11-16(20)13-7-3-2-4-8-13)14-9-5-6-10-15(14)19(12)17;/h2-10H,11,17H2,1H3;1H/q+1;/p-1. The van der Waals surface area contributed by atoms with Gasteiger partial charge in [-0.1, -0.05) is 42.5 Å². The molecule has 5 heteroatoms. The number of fused-ring (bicyclic) bond motifs is 1. The molecule has 0 fully saturated rings. The Balaban J connectivity index is 0.00000161. The smallest absolute Gasteiger partial charge is 0.277 e. The van der Waals surface area contributed by atoms with E-state index in [9.17, 15) is 4.79 Å². The van der Waals surface area contributed by atoms with Crippen LogP contribution in [0.15, 0.2) is 54.6 Å². The average molecular weight is 346 g/mol. The van der Waals surface area contributed by atoms with Crippen molar-refractivity contribution < 1.29 is 26.3 Å². The van der Waals surface area contributed by atoms with Crippen molar-refractivity contribution in [3.05, 3.63) is 66.0 Å². The monoisotopic (exact) mass is 345 g/mol. The van der Waals surface area contributed by atoms with Gasteiger partial charge in [0, 0.05) is 12.5 Å². The van der Waals surface area contributed by atoms with Crippen molar-refractivity contribution in [1.82, 2.24) is 4.68 Å². The summed E-state index contributed by atoms with van der Waals surface area (Å²) < 4.78 is 3.57. The van der Waals surface area contributed by atoms with Crippen molar-refractivity contribution in [2.24, 2.45) is 0 Å². The summed E-state index contributed by atoms with van der Waals surface area (Å²) in [6.07, 6.45) is 0. The highest BCUT2D eigenvalue weighted by molar-refractivity contribution is 5.95. The summed E-state index contributed by atoms with van der Waals surface area (Å²) in [4.78, 5) is 12.3. The minimum Gasteiger partial charge on any atom is -1.00 e. The van der Waals surface area contributed by atoms with Crippen LogP contribution in [0.3, 0.4) is 0 Å². The zero-order valence-corrected chi connectivity index (χ0v) is 13.2. The summed E-state index contributed by atoms with van der Waals surface area (Å²) in [5, 5.41) is 0. The summed E-state index contributed by atoms with van der Waals surface area (Å²) in [5.41, 5.74) is 2.61. The molecule has 0 unspecified atom stereocenters. The van der Waals surface area contributed by atoms with Crippen LogP contribution in [0.4, 0.5) is 0 Å². The lowest BCUT2D eigenvalue weighted by Crippen LogP contribution is -3.00. The van der Waals surface area contributed by atoms with Crippen LogP contribution in [0.2, 0.25) is 0 Å². The van der Waals surface area contributed by atoms with Gasteiger partial charge in [-0.25, -0.2) is 4.57 Å². The van der Waals surface area contributed by atoms with E-state index in [4.69, 9.17) is 5.84 Å². The van der Waals surface area contributed by atoms with E-state index < -0.39 is 0 Å². The van der Waals surface area contributed by atoms with Crippen LogP contribution in [0.1, 0.15) is 16.2 Å². The molecule has 0 saturated carbocycles. The van der Waals surface area contributed by atoms with Crippen LogP contribution < -0.4 is 27.4 Å². The molecule has 3 rings (SSSR count). The van der Waals surface area contributed by atoms with E-state index in [0.29, 0.717) is 12.1 Å². The highest BCUT2D eigenvalue weighted by Crippen LogP contribution is 2.11. The number of para-hydroxylation sites is 2. The van der Waals surface area contributed by atoms with Crippen LogP contribution in [-0.2, 0) is 6.54 Å². The molecule has 1 heterocycles. The first-order valence-corrected chi connectivity index (χ1v) is 6.51. The van der Waals surface area contributed by atoms with Crippen LogP contribution in [0.25, 0.3) is 11.0 Å². The molecule has 4 nitrogen and oxygen atoms in total. The highest BCUT2D eigenvalue weighted by atomic mass is 79.9. The van der Waals surface area contributed by atoms with Crippen LogP contribution >= 0.6 is 0 Å². The summed E-state index contributed by atoms with van der Waals surface area (Å²) in [6.45, 7) is 2.21. The van der Waals surface area contributed by atoms with Gasteiger partial charge in [-0.2, -0.15) is 0 Å². The van der Waals surface area contributed by atoms with Crippen molar-refractivity contribution in [3.8, 4) is 0 Å². The molecule has 0 bridgehead atoms. The number of halogens is 1. The highest BCUT2D eigenvalue weighted by Gasteiger charge is 2.22. The Morgan fingerprint density at radius 3 is 2.43 bits per heavy atom. The molecule has 0 aliphatic rings. The average Bonchev–Trinajstić information content (AvgIpc) is 2.74. The van der Waals surface area contributed by atoms with Gasteiger partial charge < -0.3 is 17.0 Å². The Labute approximate surface area is 133 Å². The summed E-state index contributed by atoms with van der Waals surface area (Å²) in [5.74, 6) is 6.97. The van der Waals surface area contributed by atoms with Crippen molar-refractivity contribution in [1.29, 1.82) is 0 Å². The zero-order valence-electron chi connectivity index (χ0n) is 11.7. The summed E-state index contributed by atoms with van der Waals surface area (Å²) in [6, 6.07) is 17.1. The van der Waals surface area contributed by atoms with Gasteiger partial charge in [-0.3, -0.25) is 10.6 Å². The van der Waals surface area contributed by atoms with Gasteiger partial charge in [0.25, 0.3) is 5.82 Å². The number of benzene rings is 2. The molecular formula is C16H16BrN3O. The number of nitrogen functional groups attached to an aromatic ring is 1. The number of carbonyl (C=O) groups excluding carboxylic acids is 1. The quantitative estimate of drug-likeness (QED) is 0.370. The molecule has 3 aromatic rings. The van der Waals surface area contributed by atoms with Crippen molar-refractivity contribution >= 4 is 16.8 Å². The molecule has 0 saturated heterocycles. The van der Waals surface area contributed by atoms with E-state index in [0.717, 1.165) is 16.9 Å². The fourth-order valence-electron chi connectivity index (χ4n) is 2.43. The fourth-order valence-corrected chi connectivity index (χ4v) is 2.43. The van der Waals surface area contributed by atoms with Gasteiger partial charge >= 0.3 is 0 Å². The number of nitrogens with zero attached hydrogens (tertiary/aromatic N) is 2. The number of nitrogens with two attached hydrogens (primary N) is 1. The van der Waals surface area contributed by atoms with Crippen molar-refractivity contribution in [2.75, 3.05) is 5.84 Å². The van der Waals surface area contributed by atoms with Gasteiger partial charge in [0.2, 0.25) is 5.78 Å². The number of Topliss-reactive ketones (excluding diaryl/α,β-unsaturated/α-hetero) is 1. The Morgan fingerprint density at radius 2 is 1.71 bits per heavy atom. The number of imidazole rings is 1. The van der Waals surface area contributed by atoms with E-state index >= 15 is 0 Å². The second-order valence-corrected chi connectivity index (χ2v) is 4.78. The Hall–Kier alpha value is -2.14. The molecule has 2 N–H and O–H groups in total. The van der Waals surface area contributed by atoms with E-state index in [-0.39, 0.29) is 22.8 Å². The van der Waals surface area contributed by atoms with Crippen LogP contribution in [-0.4, -0.2) is 10.5 Å². The first-order chi connectivity index (χ1) is 9.68. The molecule has 0 radical (unpaired) electrons. The number of carbonyl (C=O) groups is 1. The van der Waals surface area contributed by atoms with E-state index in [2.05, 4.69) is 0 Å². The normalized spacial score (nSPS) is 10.3. The predicted octanol–water partition coefficient (Wildman–Crippen LogP) is -1.16. The second kappa shape index (κ2) is 6.10. The predicted molar refractivity (Wildman–Crippen MR) is 77.8 cm³/mol. The summed E-state index contributed by atoms with van der Waals surface area (Å²) in [7, 11) is 0. The van der Waals surface area contributed by atoms with E-state index in [1.54, 1.807) is 4.68 Å². The third-order valence-electron chi connectivity index (χ3n) is 3.57. The molecule has 0 spiro atoms. The maximum Gasteiger partial charge on any atom is 0.277 e. The first kappa shape index (κ1) is 15.3. The maximum absolute atomic E-state index is 12.3. The molecule has 0 aliphatic heterocycles. The Bertz CT molecular complexity index is 781. The third kappa shape index (κ3) is 2.69. The number of hydrogen-bond donors (Lipinski definition) is 1. The van der Waals surface area contributed by atoms with Crippen molar-refractivity contribution in [3.63, 3.8) is 0 Å². The number of rotatable bonds is 3. The lowest BCUT2D eigenvalue weighted by atomic mass is 10.1. The maximum atomic E-state index is 12.3. The molecule has 2 aromatic carbocycles. The Kier molecular flexibility index (Phi) is 4.43. The van der Waals surface area contributed by atoms with Gasteiger partial charge in [0.15, 0.2) is 17.6 Å². The minimum atomic E-state index is 0. The molecular weight excluding hydrogens is 330 g/mol. The lowest BCUT2D eigenvalue weighted by molar-refractivity contribution is -0.664. The molecule has 0 amide bonds. The first-order valence-electron chi connectivity index (χ1n) is 6.51. The fraction of sp³-hybridized carbons (Fsp3) is 0.125. The molecule has 21 heavy (non-hydrogen) atoms. The largest absolute Gasteiger partial charge is 1.00 e. The lowest BCUT2D eigenvalue weighted by Gasteiger charge is -2.00. The van der Waals surface area contributed by atoms with Crippen LogP contribution in [0, 0.1) is 6.92 Å². The van der Waals surface area contributed by atoms with Gasteiger partial charge in [-0.15, -0.1) is 4.68 Å².